The Balaban J connectivity index is 1.84. The van der Waals surface area contributed by atoms with Crippen LogP contribution in [0.25, 0.3) is 0 Å². The third kappa shape index (κ3) is 5.16. The van der Waals surface area contributed by atoms with E-state index in [-0.39, 0.29) is 5.91 Å². The summed E-state index contributed by atoms with van der Waals surface area (Å²) in [4.78, 5) is 11.9. The Morgan fingerprint density at radius 3 is 2.24 bits per heavy atom. The van der Waals surface area contributed by atoms with Gasteiger partial charge in [0.05, 0.1) is 0 Å². The van der Waals surface area contributed by atoms with Crippen molar-refractivity contribution < 1.29 is 4.79 Å². The molecule has 0 saturated carbocycles. The molecule has 0 heterocycles. The van der Waals surface area contributed by atoms with Crippen LogP contribution in [-0.2, 0) is 11.2 Å². The van der Waals surface area contributed by atoms with Crippen LogP contribution in [0.3, 0.4) is 0 Å². The van der Waals surface area contributed by atoms with Crippen LogP contribution in [-0.4, -0.2) is 5.91 Å². The zero-order valence-electron chi connectivity index (χ0n) is 12.4. The fourth-order valence-electron chi connectivity index (χ4n) is 2.08. The lowest BCUT2D eigenvalue weighted by Gasteiger charge is -2.08. The normalized spacial score (nSPS) is 10.7. The van der Waals surface area contributed by atoms with E-state index in [0.717, 1.165) is 15.7 Å². The molecule has 0 aliphatic heterocycles. The molecule has 3 heteroatoms. The van der Waals surface area contributed by atoms with Crippen molar-refractivity contribution in [1.82, 2.24) is 0 Å². The Kier molecular flexibility index (Phi) is 5.79. The second-order valence-corrected chi connectivity index (χ2v) is 6.70. The number of hydrogen-bond donors (Lipinski definition) is 1. The van der Waals surface area contributed by atoms with E-state index in [1.165, 1.54) is 11.1 Å². The molecule has 0 bridgehead atoms. The topological polar surface area (TPSA) is 29.1 Å². The lowest BCUT2D eigenvalue weighted by atomic mass is 10.0. The summed E-state index contributed by atoms with van der Waals surface area (Å²) < 4.78 is 1.16. The number of benzene rings is 2. The highest BCUT2D eigenvalue weighted by molar-refractivity contribution is 14.1. The van der Waals surface area contributed by atoms with E-state index in [9.17, 15) is 4.79 Å². The molecule has 0 saturated heterocycles. The van der Waals surface area contributed by atoms with E-state index < -0.39 is 0 Å². The fraction of sp³-hybridized carbons (Fsp3) is 0.278. The van der Waals surface area contributed by atoms with E-state index in [1.54, 1.807) is 0 Å². The van der Waals surface area contributed by atoms with Crippen molar-refractivity contribution in [3.8, 4) is 0 Å². The van der Waals surface area contributed by atoms with Gasteiger partial charge in [-0.2, -0.15) is 0 Å². The van der Waals surface area contributed by atoms with Crippen molar-refractivity contribution in [1.29, 1.82) is 0 Å². The van der Waals surface area contributed by atoms with Crippen LogP contribution < -0.4 is 5.32 Å². The number of halogens is 1. The molecule has 0 aliphatic carbocycles. The zero-order valence-corrected chi connectivity index (χ0v) is 14.6. The van der Waals surface area contributed by atoms with Crippen LogP contribution in [0.1, 0.15) is 37.3 Å². The number of anilines is 1. The predicted molar refractivity (Wildman–Crippen MR) is 96.6 cm³/mol. The summed E-state index contributed by atoms with van der Waals surface area (Å²) in [6.07, 6.45) is 1.28. The molecule has 2 aromatic rings. The molecule has 21 heavy (non-hydrogen) atoms. The molecule has 2 aromatic carbocycles. The van der Waals surface area contributed by atoms with E-state index >= 15 is 0 Å². The molecule has 0 spiro atoms. The minimum atomic E-state index is 0.0594. The van der Waals surface area contributed by atoms with Crippen molar-refractivity contribution in [2.45, 2.75) is 32.6 Å². The predicted octanol–water partition coefficient (Wildman–Crippen LogP) is 4.99. The van der Waals surface area contributed by atoms with E-state index in [1.807, 2.05) is 24.3 Å². The van der Waals surface area contributed by atoms with Crippen molar-refractivity contribution in [3.05, 3.63) is 63.2 Å². The summed E-state index contributed by atoms with van der Waals surface area (Å²) in [5.41, 5.74) is 3.40. The van der Waals surface area contributed by atoms with E-state index in [0.29, 0.717) is 12.3 Å². The average molecular weight is 393 g/mol. The number of rotatable bonds is 5. The lowest BCUT2D eigenvalue weighted by Crippen LogP contribution is -2.12. The van der Waals surface area contributed by atoms with Crippen LogP contribution in [0.4, 0.5) is 5.69 Å². The Hall–Kier alpha value is -1.36. The summed E-state index contributed by atoms with van der Waals surface area (Å²) in [5, 5.41) is 2.93. The highest BCUT2D eigenvalue weighted by atomic mass is 127. The summed E-state index contributed by atoms with van der Waals surface area (Å²) in [6, 6.07) is 16.4. The van der Waals surface area contributed by atoms with Gasteiger partial charge in [0.2, 0.25) is 5.91 Å². The molecule has 0 unspecified atom stereocenters. The van der Waals surface area contributed by atoms with Crippen LogP contribution in [0.2, 0.25) is 0 Å². The van der Waals surface area contributed by atoms with Crippen LogP contribution in [0, 0.1) is 3.57 Å². The third-order valence-corrected chi connectivity index (χ3v) is 4.13. The van der Waals surface area contributed by atoms with Gasteiger partial charge in [0.15, 0.2) is 0 Å². The van der Waals surface area contributed by atoms with Crippen LogP contribution >= 0.6 is 22.6 Å². The van der Waals surface area contributed by atoms with Crippen LogP contribution in [0.5, 0.6) is 0 Å². The third-order valence-electron chi connectivity index (χ3n) is 3.42. The van der Waals surface area contributed by atoms with Gasteiger partial charge >= 0.3 is 0 Å². The minimum absolute atomic E-state index is 0.0594. The molecular formula is C18H20INO. The Labute approximate surface area is 140 Å². The summed E-state index contributed by atoms with van der Waals surface area (Å²) in [5.74, 6) is 0.604. The SMILES string of the molecule is CC(C)c1ccc(CCC(=O)Nc2ccc(I)cc2)cc1. The van der Waals surface area contributed by atoms with E-state index in [4.69, 9.17) is 0 Å². The molecule has 110 valence electrons. The van der Waals surface area contributed by atoms with Gasteiger partial charge in [-0.3, -0.25) is 4.79 Å². The number of carbonyl (C=O) groups is 1. The summed E-state index contributed by atoms with van der Waals surface area (Å²) in [6.45, 7) is 4.37. The second kappa shape index (κ2) is 7.59. The Bertz CT molecular complexity index is 588. The highest BCUT2D eigenvalue weighted by Gasteiger charge is 2.04. The summed E-state index contributed by atoms with van der Waals surface area (Å²) in [7, 11) is 0. The van der Waals surface area contributed by atoms with Crippen molar-refractivity contribution in [3.63, 3.8) is 0 Å². The first-order valence-electron chi connectivity index (χ1n) is 7.19. The number of amides is 1. The van der Waals surface area contributed by atoms with Gasteiger partial charge in [-0.1, -0.05) is 38.1 Å². The molecule has 0 radical (unpaired) electrons. The van der Waals surface area contributed by atoms with Gasteiger partial charge in [0, 0.05) is 15.7 Å². The maximum atomic E-state index is 11.9. The Morgan fingerprint density at radius 2 is 1.67 bits per heavy atom. The van der Waals surface area contributed by atoms with E-state index in [2.05, 4.69) is 66.0 Å². The molecule has 2 rings (SSSR count). The standard InChI is InChI=1S/C18H20INO/c1-13(2)15-6-3-14(4-7-15)5-12-18(21)20-17-10-8-16(19)9-11-17/h3-4,6-11,13H,5,12H2,1-2H3,(H,20,21). The van der Waals surface area contributed by atoms with Gasteiger partial charge in [0.1, 0.15) is 0 Å². The first-order chi connectivity index (χ1) is 10.0. The number of carbonyl (C=O) groups excluding carboxylic acids is 1. The molecule has 1 N–H and O–H groups in total. The summed E-state index contributed by atoms with van der Waals surface area (Å²) >= 11 is 2.25. The lowest BCUT2D eigenvalue weighted by molar-refractivity contribution is -0.116. The number of hydrogen-bond acceptors (Lipinski definition) is 1. The largest absolute Gasteiger partial charge is 0.326 e. The smallest absolute Gasteiger partial charge is 0.224 e. The van der Waals surface area contributed by atoms with Crippen molar-refractivity contribution in [2.75, 3.05) is 5.32 Å². The average Bonchev–Trinajstić information content (AvgIpc) is 2.48. The zero-order chi connectivity index (χ0) is 15.2. The quantitative estimate of drug-likeness (QED) is 0.713. The van der Waals surface area contributed by atoms with Crippen LogP contribution in [0.15, 0.2) is 48.5 Å². The van der Waals surface area contributed by atoms with Crippen molar-refractivity contribution in [2.24, 2.45) is 0 Å². The molecular weight excluding hydrogens is 373 g/mol. The molecule has 2 nitrogen and oxygen atoms in total. The first kappa shape index (κ1) is 16.0. The van der Waals surface area contributed by atoms with Crippen molar-refractivity contribution >= 4 is 34.2 Å². The Morgan fingerprint density at radius 1 is 1.05 bits per heavy atom. The second-order valence-electron chi connectivity index (χ2n) is 5.45. The fourth-order valence-corrected chi connectivity index (χ4v) is 2.44. The molecule has 0 aliphatic rings. The molecule has 0 atom stereocenters. The van der Waals surface area contributed by atoms with Gasteiger partial charge in [0.25, 0.3) is 0 Å². The number of aryl methyl sites for hydroxylation is 1. The maximum absolute atomic E-state index is 11.9. The van der Waals surface area contributed by atoms with Gasteiger partial charge in [-0.25, -0.2) is 0 Å². The first-order valence-corrected chi connectivity index (χ1v) is 8.27. The highest BCUT2D eigenvalue weighted by Crippen LogP contribution is 2.16. The molecule has 0 aromatic heterocycles. The number of nitrogens with one attached hydrogen (secondary N) is 1. The monoisotopic (exact) mass is 393 g/mol. The molecule has 1 amide bonds. The van der Waals surface area contributed by atoms with Gasteiger partial charge in [-0.05, 0) is 70.3 Å². The van der Waals surface area contributed by atoms with Gasteiger partial charge < -0.3 is 5.32 Å². The maximum Gasteiger partial charge on any atom is 0.224 e. The molecule has 0 fully saturated rings. The van der Waals surface area contributed by atoms with Gasteiger partial charge in [-0.15, -0.1) is 0 Å². The minimum Gasteiger partial charge on any atom is -0.326 e.